The molecule has 0 aromatic heterocycles. The lowest BCUT2D eigenvalue weighted by molar-refractivity contribution is 0.298. The van der Waals surface area contributed by atoms with E-state index in [0.717, 1.165) is 37.9 Å². The minimum atomic E-state index is -3.39. The van der Waals surface area contributed by atoms with Crippen LogP contribution in [0, 0.1) is 0 Å². The largest absolute Gasteiger partial charge is 0.494 e. The SMILES string of the molecule is CCCCCOc1ccc(S(=O)(=O)N2CCC(NC)CC2)cc1. The van der Waals surface area contributed by atoms with Crippen molar-refractivity contribution in [3.8, 4) is 5.75 Å². The van der Waals surface area contributed by atoms with Crippen LogP contribution < -0.4 is 10.1 Å². The van der Waals surface area contributed by atoms with Crippen molar-refractivity contribution in [1.29, 1.82) is 0 Å². The summed E-state index contributed by atoms with van der Waals surface area (Å²) in [6.07, 6.45) is 5.04. The van der Waals surface area contributed by atoms with E-state index < -0.39 is 10.0 Å². The fourth-order valence-electron chi connectivity index (χ4n) is 2.78. The van der Waals surface area contributed by atoms with E-state index >= 15 is 0 Å². The predicted molar refractivity (Wildman–Crippen MR) is 92.3 cm³/mol. The average Bonchev–Trinajstić information content (AvgIpc) is 2.59. The summed E-state index contributed by atoms with van der Waals surface area (Å²) in [5.74, 6) is 0.731. The summed E-state index contributed by atoms with van der Waals surface area (Å²) in [5.41, 5.74) is 0. The zero-order valence-corrected chi connectivity index (χ0v) is 14.9. The summed E-state index contributed by atoms with van der Waals surface area (Å²) in [6.45, 7) is 3.97. The van der Waals surface area contributed by atoms with Crippen LogP contribution in [-0.4, -0.2) is 45.5 Å². The molecular weight excluding hydrogens is 312 g/mol. The van der Waals surface area contributed by atoms with E-state index in [2.05, 4.69) is 12.2 Å². The minimum Gasteiger partial charge on any atom is -0.494 e. The maximum atomic E-state index is 12.7. The molecular formula is C17H28N2O3S. The zero-order chi connectivity index (χ0) is 16.7. The van der Waals surface area contributed by atoms with Gasteiger partial charge in [-0.15, -0.1) is 0 Å². The van der Waals surface area contributed by atoms with Crippen molar-refractivity contribution in [3.63, 3.8) is 0 Å². The van der Waals surface area contributed by atoms with Gasteiger partial charge in [0.05, 0.1) is 11.5 Å². The van der Waals surface area contributed by atoms with Gasteiger partial charge in [-0.05, 0) is 50.6 Å². The van der Waals surface area contributed by atoms with Crippen LogP contribution in [0.4, 0.5) is 0 Å². The second-order valence-electron chi connectivity index (χ2n) is 5.99. The van der Waals surface area contributed by atoms with Gasteiger partial charge in [0, 0.05) is 19.1 Å². The Balaban J connectivity index is 1.95. The molecule has 1 heterocycles. The van der Waals surface area contributed by atoms with E-state index in [-0.39, 0.29) is 0 Å². The van der Waals surface area contributed by atoms with Crippen LogP contribution in [0.25, 0.3) is 0 Å². The molecule has 2 rings (SSSR count). The van der Waals surface area contributed by atoms with E-state index in [4.69, 9.17) is 4.74 Å². The molecule has 1 fully saturated rings. The van der Waals surface area contributed by atoms with Gasteiger partial charge in [0.15, 0.2) is 0 Å². The van der Waals surface area contributed by atoms with Crippen molar-refractivity contribution in [3.05, 3.63) is 24.3 Å². The maximum absolute atomic E-state index is 12.7. The van der Waals surface area contributed by atoms with Gasteiger partial charge in [0.25, 0.3) is 0 Å². The lowest BCUT2D eigenvalue weighted by atomic mass is 10.1. The number of nitrogens with zero attached hydrogens (tertiary/aromatic N) is 1. The Hall–Kier alpha value is -1.11. The highest BCUT2D eigenvalue weighted by molar-refractivity contribution is 7.89. The maximum Gasteiger partial charge on any atom is 0.243 e. The smallest absolute Gasteiger partial charge is 0.243 e. The highest BCUT2D eigenvalue weighted by Gasteiger charge is 2.28. The quantitative estimate of drug-likeness (QED) is 0.739. The Morgan fingerprint density at radius 3 is 2.39 bits per heavy atom. The number of unbranched alkanes of at least 4 members (excludes halogenated alkanes) is 2. The summed E-state index contributed by atoms with van der Waals surface area (Å²) in [5, 5.41) is 3.21. The Morgan fingerprint density at radius 1 is 1.17 bits per heavy atom. The Morgan fingerprint density at radius 2 is 1.83 bits per heavy atom. The summed E-state index contributed by atoms with van der Waals surface area (Å²) in [4.78, 5) is 0.348. The number of benzene rings is 1. The Labute approximate surface area is 140 Å². The number of sulfonamides is 1. The highest BCUT2D eigenvalue weighted by Crippen LogP contribution is 2.23. The van der Waals surface area contributed by atoms with E-state index in [1.807, 2.05) is 7.05 Å². The monoisotopic (exact) mass is 340 g/mol. The van der Waals surface area contributed by atoms with Gasteiger partial charge in [0.1, 0.15) is 5.75 Å². The molecule has 23 heavy (non-hydrogen) atoms. The first-order chi connectivity index (χ1) is 11.1. The molecule has 0 spiro atoms. The minimum absolute atomic E-state index is 0.348. The van der Waals surface area contributed by atoms with Crippen LogP contribution in [0.5, 0.6) is 5.75 Å². The van der Waals surface area contributed by atoms with E-state index in [0.29, 0.717) is 30.6 Å². The van der Waals surface area contributed by atoms with Crippen molar-refractivity contribution < 1.29 is 13.2 Å². The number of piperidine rings is 1. The van der Waals surface area contributed by atoms with E-state index in [9.17, 15) is 8.42 Å². The number of ether oxygens (including phenoxy) is 1. The first kappa shape index (κ1) is 18.2. The molecule has 6 heteroatoms. The molecule has 1 aromatic carbocycles. The molecule has 5 nitrogen and oxygen atoms in total. The highest BCUT2D eigenvalue weighted by atomic mass is 32.2. The molecule has 0 amide bonds. The van der Waals surface area contributed by atoms with Gasteiger partial charge in [-0.2, -0.15) is 4.31 Å². The molecule has 130 valence electrons. The standard InChI is InChI=1S/C17H28N2O3S/c1-3-4-5-14-22-16-6-8-17(9-7-16)23(20,21)19-12-10-15(18-2)11-13-19/h6-9,15,18H,3-5,10-14H2,1-2H3. The zero-order valence-electron chi connectivity index (χ0n) is 14.1. The topological polar surface area (TPSA) is 58.6 Å². The lowest BCUT2D eigenvalue weighted by Crippen LogP contribution is -2.43. The lowest BCUT2D eigenvalue weighted by Gasteiger charge is -2.31. The fourth-order valence-corrected chi connectivity index (χ4v) is 4.25. The van der Waals surface area contributed by atoms with Crippen molar-refractivity contribution in [1.82, 2.24) is 9.62 Å². The Bertz CT molecular complexity index is 564. The summed E-state index contributed by atoms with van der Waals surface area (Å²) < 4.78 is 32.5. The number of hydrogen-bond donors (Lipinski definition) is 1. The molecule has 0 bridgehead atoms. The van der Waals surface area contributed by atoms with E-state index in [1.54, 1.807) is 28.6 Å². The van der Waals surface area contributed by atoms with Crippen molar-refractivity contribution >= 4 is 10.0 Å². The molecule has 0 atom stereocenters. The molecule has 0 saturated carbocycles. The number of hydrogen-bond acceptors (Lipinski definition) is 4. The summed E-state index contributed by atoms with van der Waals surface area (Å²) in [6, 6.07) is 7.21. The molecule has 0 aliphatic carbocycles. The third-order valence-corrected chi connectivity index (χ3v) is 6.25. The first-order valence-electron chi connectivity index (χ1n) is 8.48. The third-order valence-electron chi connectivity index (χ3n) is 4.34. The molecule has 0 radical (unpaired) electrons. The molecule has 1 saturated heterocycles. The average molecular weight is 340 g/mol. The van der Waals surface area contributed by atoms with Crippen LogP contribution >= 0.6 is 0 Å². The number of rotatable bonds is 8. The predicted octanol–water partition coefficient (Wildman–Crippen LogP) is 2.63. The number of nitrogens with one attached hydrogen (secondary N) is 1. The van der Waals surface area contributed by atoms with Gasteiger partial charge < -0.3 is 10.1 Å². The van der Waals surface area contributed by atoms with Gasteiger partial charge in [-0.25, -0.2) is 8.42 Å². The third kappa shape index (κ3) is 4.93. The van der Waals surface area contributed by atoms with Gasteiger partial charge >= 0.3 is 0 Å². The summed E-state index contributed by atoms with van der Waals surface area (Å²) >= 11 is 0. The second kappa shape index (κ2) is 8.66. The van der Waals surface area contributed by atoms with Crippen LogP contribution in [0.15, 0.2) is 29.2 Å². The Kier molecular flexibility index (Phi) is 6.87. The molecule has 1 aromatic rings. The van der Waals surface area contributed by atoms with Crippen molar-refractivity contribution in [2.75, 3.05) is 26.7 Å². The molecule has 1 aliphatic rings. The van der Waals surface area contributed by atoms with Crippen LogP contribution in [0.1, 0.15) is 39.0 Å². The molecule has 0 unspecified atom stereocenters. The van der Waals surface area contributed by atoms with E-state index in [1.165, 1.54) is 0 Å². The normalized spacial score (nSPS) is 17.3. The van der Waals surface area contributed by atoms with Crippen molar-refractivity contribution in [2.24, 2.45) is 0 Å². The van der Waals surface area contributed by atoms with Crippen LogP contribution in [-0.2, 0) is 10.0 Å². The summed E-state index contributed by atoms with van der Waals surface area (Å²) in [7, 11) is -1.46. The van der Waals surface area contributed by atoms with Crippen molar-refractivity contribution in [2.45, 2.75) is 50.0 Å². The fraction of sp³-hybridized carbons (Fsp3) is 0.647. The van der Waals surface area contributed by atoms with Crippen LogP contribution in [0.2, 0.25) is 0 Å². The molecule has 1 N–H and O–H groups in total. The van der Waals surface area contributed by atoms with Gasteiger partial charge in [-0.3, -0.25) is 0 Å². The van der Waals surface area contributed by atoms with Gasteiger partial charge in [-0.1, -0.05) is 19.8 Å². The second-order valence-corrected chi connectivity index (χ2v) is 7.93. The molecule has 1 aliphatic heterocycles. The first-order valence-corrected chi connectivity index (χ1v) is 9.92. The van der Waals surface area contributed by atoms with Gasteiger partial charge in [0.2, 0.25) is 10.0 Å². The van der Waals surface area contributed by atoms with Crippen LogP contribution in [0.3, 0.4) is 0 Å².